The third-order valence-electron chi connectivity index (χ3n) is 2.43. The molecule has 0 aromatic heterocycles. The first-order chi connectivity index (χ1) is 9.03. The topological polar surface area (TPSA) is 66.8 Å². The van der Waals surface area contributed by atoms with Crippen LogP contribution < -0.4 is 0 Å². The minimum atomic E-state index is -4.46. The van der Waals surface area contributed by atoms with Crippen LogP contribution in [0.5, 0.6) is 0 Å². The zero-order valence-corrected chi connectivity index (χ0v) is 11.0. The van der Waals surface area contributed by atoms with Crippen LogP contribution in [0.4, 0.5) is 17.6 Å². The van der Waals surface area contributed by atoms with Gasteiger partial charge in [-0.25, -0.2) is 4.79 Å². The summed E-state index contributed by atoms with van der Waals surface area (Å²) in [5.41, 5.74) is -0.00256. The second-order valence-electron chi connectivity index (χ2n) is 4.47. The van der Waals surface area contributed by atoms with Gasteiger partial charge in [0.05, 0.1) is 6.10 Å². The Labute approximate surface area is 114 Å². The lowest BCUT2D eigenvalue weighted by Gasteiger charge is -2.28. The number of rotatable bonds is 9. The molecule has 0 spiro atoms. The fourth-order valence-corrected chi connectivity index (χ4v) is 1.28. The molecule has 0 aliphatic heterocycles. The molecule has 0 radical (unpaired) electrons. The van der Waals surface area contributed by atoms with Crippen LogP contribution in [-0.2, 0) is 9.53 Å². The zero-order chi connectivity index (χ0) is 16.0. The van der Waals surface area contributed by atoms with E-state index in [2.05, 4.69) is 11.3 Å². The van der Waals surface area contributed by atoms with E-state index in [1.165, 1.54) is 6.92 Å². The highest BCUT2D eigenvalue weighted by Crippen LogP contribution is 2.41. The van der Waals surface area contributed by atoms with Crippen molar-refractivity contribution < 1.29 is 37.3 Å². The molecule has 0 bridgehead atoms. The summed E-state index contributed by atoms with van der Waals surface area (Å²) in [5, 5.41) is 17.6. The fourth-order valence-electron chi connectivity index (χ4n) is 1.28. The highest BCUT2D eigenvalue weighted by atomic mass is 19.3. The second-order valence-corrected chi connectivity index (χ2v) is 4.47. The summed E-state index contributed by atoms with van der Waals surface area (Å²) in [6, 6.07) is 0. The summed E-state index contributed by atoms with van der Waals surface area (Å²) in [5.74, 6) is -9.72. The van der Waals surface area contributed by atoms with Gasteiger partial charge in [-0.2, -0.15) is 17.6 Å². The normalized spacial score (nSPS) is 13.9. The van der Waals surface area contributed by atoms with Crippen molar-refractivity contribution >= 4 is 5.97 Å². The van der Waals surface area contributed by atoms with Crippen LogP contribution in [0.15, 0.2) is 12.2 Å². The Morgan fingerprint density at radius 1 is 1.30 bits per heavy atom. The number of hydrogen-bond donors (Lipinski definition) is 2. The van der Waals surface area contributed by atoms with E-state index < -0.39 is 56.4 Å². The molecular weight excluding hydrogens is 284 g/mol. The van der Waals surface area contributed by atoms with E-state index >= 15 is 0 Å². The molecule has 4 nitrogen and oxygen atoms in total. The van der Waals surface area contributed by atoms with E-state index in [4.69, 9.17) is 5.11 Å². The maximum atomic E-state index is 13.3. The number of carbonyl (C=O) groups is 1. The van der Waals surface area contributed by atoms with Crippen LogP contribution in [0.25, 0.3) is 0 Å². The van der Waals surface area contributed by atoms with Crippen LogP contribution >= 0.6 is 0 Å². The van der Waals surface area contributed by atoms with E-state index in [1.807, 2.05) is 0 Å². The Morgan fingerprint density at radius 3 is 2.30 bits per heavy atom. The maximum Gasteiger partial charge on any atom is 0.333 e. The molecule has 2 N–H and O–H groups in total. The minimum Gasteiger partial charge on any atom is -0.460 e. The molecule has 0 amide bonds. The quantitative estimate of drug-likeness (QED) is 0.388. The molecule has 0 aromatic rings. The molecule has 20 heavy (non-hydrogen) atoms. The number of hydrogen-bond acceptors (Lipinski definition) is 4. The summed E-state index contributed by atoms with van der Waals surface area (Å²) < 4.78 is 57.4. The van der Waals surface area contributed by atoms with E-state index in [-0.39, 0.29) is 5.57 Å². The van der Waals surface area contributed by atoms with Gasteiger partial charge in [0.2, 0.25) is 0 Å². The number of aliphatic hydroxyl groups excluding tert-OH is 2. The van der Waals surface area contributed by atoms with Gasteiger partial charge in [0.25, 0.3) is 0 Å². The zero-order valence-electron chi connectivity index (χ0n) is 11.0. The smallest absolute Gasteiger partial charge is 0.333 e. The summed E-state index contributed by atoms with van der Waals surface area (Å²) >= 11 is 0. The third-order valence-corrected chi connectivity index (χ3v) is 2.43. The molecule has 0 rings (SSSR count). The van der Waals surface area contributed by atoms with Crippen LogP contribution in [0.2, 0.25) is 0 Å². The van der Waals surface area contributed by atoms with Crippen molar-refractivity contribution in [2.45, 2.75) is 44.1 Å². The molecule has 0 aliphatic rings. The van der Waals surface area contributed by atoms with Gasteiger partial charge in [0, 0.05) is 25.0 Å². The molecule has 118 valence electrons. The van der Waals surface area contributed by atoms with Crippen molar-refractivity contribution in [1.29, 1.82) is 0 Å². The molecule has 0 saturated heterocycles. The third kappa shape index (κ3) is 5.87. The lowest BCUT2D eigenvalue weighted by Crippen LogP contribution is -2.44. The van der Waals surface area contributed by atoms with Crippen LogP contribution in [0, 0.1) is 0 Å². The van der Waals surface area contributed by atoms with Gasteiger partial charge >= 0.3 is 17.8 Å². The van der Waals surface area contributed by atoms with Crippen molar-refractivity contribution in [1.82, 2.24) is 0 Å². The average molecular weight is 302 g/mol. The first-order valence-corrected chi connectivity index (χ1v) is 5.90. The standard InChI is InChI=1S/C12H18F4O4/c1-8(2)10(19)20-7-9(18)6-12(15,16)11(13,14)4-3-5-17/h9,17-18H,1,3-7H2,2H3. The predicted octanol–water partition coefficient (Wildman–Crippen LogP) is 1.90. The number of aliphatic hydroxyl groups is 2. The number of halogens is 4. The molecule has 0 aliphatic carbocycles. The second kappa shape index (κ2) is 7.58. The van der Waals surface area contributed by atoms with E-state index in [0.717, 1.165) is 0 Å². The SMILES string of the molecule is C=C(C)C(=O)OCC(O)CC(F)(F)C(F)(F)CCCO. The van der Waals surface area contributed by atoms with Crippen LogP contribution in [-0.4, -0.2) is 47.3 Å². The first kappa shape index (κ1) is 18.9. The Bertz CT molecular complexity index is 344. The maximum absolute atomic E-state index is 13.3. The van der Waals surface area contributed by atoms with Gasteiger partial charge in [-0.05, 0) is 13.3 Å². The van der Waals surface area contributed by atoms with Crippen molar-refractivity contribution in [3.8, 4) is 0 Å². The molecule has 0 aromatic carbocycles. The Kier molecular flexibility index (Phi) is 7.15. The van der Waals surface area contributed by atoms with Crippen molar-refractivity contribution in [3.05, 3.63) is 12.2 Å². The largest absolute Gasteiger partial charge is 0.460 e. The Balaban J connectivity index is 4.43. The molecule has 1 unspecified atom stereocenters. The van der Waals surface area contributed by atoms with Crippen LogP contribution in [0.3, 0.4) is 0 Å². The van der Waals surface area contributed by atoms with Crippen molar-refractivity contribution in [2.75, 3.05) is 13.2 Å². The Morgan fingerprint density at radius 2 is 1.85 bits per heavy atom. The van der Waals surface area contributed by atoms with E-state index in [0.29, 0.717) is 0 Å². The number of esters is 1. The number of ether oxygens (including phenoxy) is 1. The minimum absolute atomic E-state index is 0.00256. The van der Waals surface area contributed by atoms with E-state index in [1.54, 1.807) is 0 Å². The lowest BCUT2D eigenvalue weighted by atomic mass is 10.0. The molecule has 0 fully saturated rings. The molecule has 8 heteroatoms. The monoisotopic (exact) mass is 302 g/mol. The van der Waals surface area contributed by atoms with Crippen LogP contribution in [0.1, 0.15) is 26.2 Å². The van der Waals surface area contributed by atoms with Gasteiger partial charge in [-0.1, -0.05) is 6.58 Å². The fraction of sp³-hybridized carbons (Fsp3) is 0.750. The van der Waals surface area contributed by atoms with Crippen molar-refractivity contribution in [3.63, 3.8) is 0 Å². The molecule has 0 heterocycles. The highest BCUT2D eigenvalue weighted by molar-refractivity contribution is 5.86. The number of alkyl halides is 4. The van der Waals surface area contributed by atoms with Gasteiger partial charge < -0.3 is 14.9 Å². The molecule has 1 atom stereocenters. The molecule has 0 saturated carbocycles. The first-order valence-electron chi connectivity index (χ1n) is 5.90. The van der Waals surface area contributed by atoms with Crippen molar-refractivity contribution in [2.24, 2.45) is 0 Å². The highest BCUT2D eigenvalue weighted by Gasteiger charge is 2.55. The Hall–Kier alpha value is -1.15. The predicted molar refractivity (Wildman–Crippen MR) is 62.6 cm³/mol. The van der Waals surface area contributed by atoms with E-state index in [9.17, 15) is 27.5 Å². The summed E-state index contributed by atoms with van der Waals surface area (Å²) in [6.07, 6.45) is -5.15. The van der Waals surface area contributed by atoms with Gasteiger partial charge in [-0.3, -0.25) is 0 Å². The lowest BCUT2D eigenvalue weighted by molar-refractivity contribution is -0.227. The van der Waals surface area contributed by atoms with Gasteiger partial charge in [0.15, 0.2) is 0 Å². The van der Waals surface area contributed by atoms with Gasteiger partial charge in [0.1, 0.15) is 6.61 Å². The molecular formula is C12H18F4O4. The average Bonchev–Trinajstić information content (AvgIpc) is 2.32. The summed E-state index contributed by atoms with van der Waals surface area (Å²) in [6.45, 7) is 3.09. The number of carbonyl (C=O) groups excluding carboxylic acids is 1. The summed E-state index contributed by atoms with van der Waals surface area (Å²) in [4.78, 5) is 11.0. The summed E-state index contributed by atoms with van der Waals surface area (Å²) in [7, 11) is 0. The van der Waals surface area contributed by atoms with Gasteiger partial charge in [-0.15, -0.1) is 0 Å².